The molecule has 2 unspecified atom stereocenters. The molecule has 0 fully saturated rings. The van der Waals surface area contributed by atoms with E-state index in [4.69, 9.17) is 0 Å². The largest absolute Gasteiger partial charge is 0.391 e. The van der Waals surface area contributed by atoms with Gasteiger partial charge in [-0.15, -0.1) is 0 Å². The molecule has 4 nitrogen and oxygen atoms in total. The Labute approximate surface area is 130 Å². The van der Waals surface area contributed by atoms with Gasteiger partial charge in [0, 0.05) is 0 Å². The molecule has 3 rings (SSSR count). The Kier molecular flexibility index (Phi) is 4.04. The first kappa shape index (κ1) is 15.2. The maximum atomic E-state index is 12.5. The van der Waals surface area contributed by atoms with E-state index < -0.39 is 22.2 Å². The number of aliphatic hydroxyl groups is 1. The van der Waals surface area contributed by atoms with Crippen molar-refractivity contribution in [2.75, 3.05) is 0 Å². The van der Waals surface area contributed by atoms with Crippen LogP contribution in [0, 0.1) is 6.92 Å². The molecule has 2 atom stereocenters. The molecular weight excluding hydrogens is 298 g/mol. The Morgan fingerprint density at radius 3 is 2.50 bits per heavy atom. The summed E-state index contributed by atoms with van der Waals surface area (Å²) in [6, 6.07) is 13.7. The number of rotatable bonds is 3. The zero-order valence-corrected chi connectivity index (χ0v) is 13.2. The third-order valence-corrected chi connectivity index (χ3v) is 5.55. The number of aliphatic hydroxyl groups excluding tert-OH is 1. The standard InChI is InChI=1S/C17H19NO3S/c1-12-6-9-14(10-7-12)22(20,21)18-17-15-5-3-2-4-13(15)8-11-16(17)19/h2-7,9-10,16-19H,8,11H2,1H3. The van der Waals surface area contributed by atoms with Crippen LogP contribution >= 0.6 is 0 Å². The molecule has 22 heavy (non-hydrogen) atoms. The molecule has 0 amide bonds. The average Bonchev–Trinajstić information content (AvgIpc) is 2.50. The van der Waals surface area contributed by atoms with Gasteiger partial charge in [-0.05, 0) is 43.0 Å². The highest BCUT2D eigenvalue weighted by molar-refractivity contribution is 7.89. The number of benzene rings is 2. The molecule has 2 aromatic rings. The van der Waals surface area contributed by atoms with Crippen LogP contribution in [0.4, 0.5) is 0 Å². The van der Waals surface area contributed by atoms with Gasteiger partial charge >= 0.3 is 0 Å². The number of nitrogens with one attached hydrogen (secondary N) is 1. The Balaban J connectivity index is 1.93. The van der Waals surface area contributed by atoms with E-state index in [0.29, 0.717) is 6.42 Å². The fourth-order valence-corrected chi connectivity index (χ4v) is 4.09. The molecule has 0 bridgehead atoms. The minimum absolute atomic E-state index is 0.216. The third kappa shape index (κ3) is 2.92. The Bertz CT molecular complexity index is 769. The van der Waals surface area contributed by atoms with Gasteiger partial charge in [-0.2, -0.15) is 0 Å². The summed E-state index contributed by atoms with van der Waals surface area (Å²) in [6.45, 7) is 1.91. The van der Waals surface area contributed by atoms with Crippen molar-refractivity contribution < 1.29 is 13.5 Å². The highest BCUT2D eigenvalue weighted by Crippen LogP contribution is 2.31. The smallest absolute Gasteiger partial charge is 0.241 e. The van der Waals surface area contributed by atoms with Crippen molar-refractivity contribution in [2.45, 2.75) is 36.8 Å². The minimum atomic E-state index is -3.66. The Morgan fingerprint density at radius 2 is 1.77 bits per heavy atom. The highest BCUT2D eigenvalue weighted by Gasteiger charge is 2.31. The van der Waals surface area contributed by atoms with Gasteiger partial charge in [-0.25, -0.2) is 13.1 Å². The van der Waals surface area contributed by atoms with Crippen molar-refractivity contribution in [3.8, 4) is 0 Å². The van der Waals surface area contributed by atoms with Crippen molar-refractivity contribution in [1.29, 1.82) is 0 Å². The lowest BCUT2D eigenvalue weighted by Gasteiger charge is -2.30. The van der Waals surface area contributed by atoms with Gasteiger partial charge in [0.15, 0.2) is 0 Å². The molecule has 2 N–H and O–H groups in total. The minimum Gasteiger partial charge on any atom is -0.391 e. The second kappa shape index (κ2) is 5.83. The Morgan fingerprint density at radius 1 is 1.09 bits per heavy atom. The molecule has 5 heteroatoms. The van der Waals surface area contributed by atoms with Crippen molar-refractivity contribution in [3.63, 3.8) is 0 Å². The molecule has 0 heterocycles. The van der Waals surface area contributed by atoms with Crippen LogP contribution in [-0.4, -0.2) is 19.6 Å². The molecule has 0 aromatic heterocycles. The molecule has 0 aliphatic heterocycles. The van der Waals surface area contributed by atoms with Crippen LogP contribution in [0.3, 0.4) is 0 Å². The summed E-state index contributed by atoms with van der Waals surface area (Å²) >= 11 is 0. The van der Waals surface area contributed by atoms with E-state index in [1.165, 1.54) is 0 Å². The van der Waals surface area contributed by atoms with Crippen LogP contribution in [-0.2, 0) is 16.4 Å². The van der Waals surface area contributed by atoms with Gasteiger partial charge < -0.3 is 5.11 Å². The van der Waals surface area contributed by atoms with Gasteiger partial charge in [-0.1, -0.05) is 42.0 Å². The molecule has 2 aromatic carbocycles. The first-order chi connectivity index (χ1) is 10.5. The maximum Gasteiger partial charge on any atom is 0.241 e. The summed E-state index contributed by atoms with van der Waals surface area (Å²) < 4.78 is 27.7. The van der Waals surface area contributed by atoms with Crippen LogP contribution in [0.1, 0.15) is 29.2 Å². The lowest BCUT2D eigenvalue weighted by Crippen LogP contribution is -2.39. The molecule has 0 saturated heterocycles. The molecular formula is C17H19NO3S. The quantitative estimate of drug-likeness (QED) is 0.913. The van der Waals surface area contributed by atoms with Crippen LogP contribution in [0.25, 0.3) is 0 Å². The zero-order valence-electron chi connectivity index (χ0n) is 12.4. The topological polar surface area (TPSA) is 66.4 Å². The third-order valence-electron chi connectivity index (χ3n) is 4.10. The van der Waals surface area contributed by atoms with Gasteiger partial charge in [-0.3, -0.25) is 0 Å². The number of aryl methyl sites for hydroxylation is 2. The molecule has 1 aliphatic carbocycles. The summed E-state index contributed by atoms with van der Waals surface area (Å²) in [5, 5.41) is 10.2. The van der Waals surface area contributed by atoms with Crippen molar-refractivity contribution in [3.05, 3.63) is 65.2 Å². The summed E-state index contributed by atoms with van der Waals surface area (Å²) in [5.74, 6) is 0. The first-order valence-electron chi connectivity index (χ1n) is 7.32. The number of hydrogen-bond donors (Lipinski definition) is 2. The van der Waals surface area contributed by atoms with E-state index in [1.807, 2.05) is 31.2 Å². The van der Waals surface area contributed by atoms with Crippen molar-refractivity contribution >= 4 is 10.0 Å². The molecule has 1 aliphatic rings. The second-order valence-corrected chi connectivity index (χ2v) is 7.43. The zero-order chi connectivity index (χ0) is 15.7. The van der Waals surface area contributed by atoms with E-state index in [9.17, 15) is 13.5 Å². The van der Waals surface area contributed by atoms with Gasteiger partial charge in [0.05, 0.1) is 17.0 Å². The lowest BCUT2D eigenvalue weighted by molar-refractivity contribution is 0.121. The van der Waals surface area contributed by atoms with E-state index in [1.54, 1.807) is 24.3 Å². The lowest BCUT2D eigenvalue weighted by atomic mass is 9.86. The average molecular weight is 317 g/mol. The van der Waals surface area contributed by atoms with Gasteiger partial charge in [0.1, 0.15) is 0 Å². The second-order valence-electron chi connectivity index (χ2n) is 5.72. The van der Waals surface area contributed by atoms with E-state index in [-0.39, 0.29) is 4.90 Å². The molecule has 116 valence electrons. The number of sulfonamides is 1. The fraction of sp³-hybridized carbons (Fsp3) is 0.294. The summed E-state index contributed by atoms with van der Waals surface area (Å²) in [6.07, 6.45) is 0.605. The molecule has 0 radical (unpaired) electrons. The SMILES string of the molecule is Cc1ccc(S(=O)(=O)NC2c3ccccc3CCC2O)cc1. The van der Waals surface area contributed by atoms with E-state index >= 15 is 0 Å². The first-order valence-corrected chi connectivity index (χ1v) is 8.80. The Hall–Kier alpha value is -1.69. The van der Waals surface area contributed by atoms with Crippen LogP contribution in [0.15, 0.2) is 53.4 Å². The van der Waals surface area contributed by atoms with Crippen molar-refractivity contribution in [2.24, 2.45) is 0 Å². The summed E-state index contributed by atoms with van der Waals surface area (Å²) in [5.41, 5.74) is 2.95. The predicted octanol–water partition coefficient (Wildman–Crippen LogP) is 2.32. The summed E-state index contributed by atoms with van der Waals surface area (Å²) in [7, 11) is -3.66. The van der Waals surface area contributed by atoms with Gasteiger partial charge in [0.2, 0.25) is 10.0 Å². The monoisotopic (exact) mass is 317 g/mol. The molecule has 0 spiro atoms. The highest BCUT2D eigenvalue weighted by atomic mass is 32.2. The number of hydrogen-bond acceptors (Lipinski definition) is 3. The van der Waals surface area contributed by atoms with Crippen LogP contribution in [0.5, 0.6) is 0 Å². The maximum absolute atomic E-state index is 12.5. The van der Waals surface area contributed by atoms with Gasteiger partial charge in [0.25, 0.3) is 0 Å². The van der Waals surface area contributed by atoms with E-state index in [0.717, 1.165) is 23.1 Å². The van der Waals surface area contributed by atoms with Crippen LogP contribution < -0.4 is 4.72 Å². The van der Waals surface area contributed by atoms with Crippen LogP contribution in [0.2, 0.25) is 0 Å². The van der Waals surface area contributed by atoms with Crippen molar-refractivity contribution in [1.82, 2.24) is 4.72 Å². The predicted molar refractivity (Wildman–Crippen MR) is 85.0 cm³/mol. The normalized spacial score (nSPS) is 21.4. The number of fused-ring (bicyclic) bond motifs is 1. The molecule has 0 saturated carbocycles. The van der Waals surface area contributed by atoms with E-state index in [2.05, 4.69) is 4.72 Å². The fourth-order valence-electron chi connectivity index (χ4n) is 2.84. The summed E-state index contributed by atoms with van der Waals surface area (Å²) in [4.78, 5) is 0.216.